The van der Waals surface area contributed by atoms with E-state index in [4.69, 9.17) is 0 Å². The van der Waals surface area contributed by atoms with Gasteiger partial charge in [-0.2, -0.15) is 26.3 Å². The smallest absolute Gasteiger partial charge is 0.448 e. The largest absolute Gasteiger partial charge is 0.462 e. The number of rotatable bonds is 6. The summed E-state index contributed by atoms with van der Waals surface area (Å²) in [6.45, 7) is 3.18. The molecule has 0 aliphatic rings. The average molecular weight is 416 g/mol. The fourth-order valence-corrected chi connectivity index (χ4v) is 2.06. The van der Waals surface area contributed by atoms with Crippen LogP contribution >= 0.6 is 0 Å². The molecule has 0 aromatic heterocycles. The zero-order chi connectivity index (χ0) is 21.8. The standard InChI is InChI=1S/C16H18F6N2O4/c1-4-27-12(25)14(16(20,21)22,28-9(2)3)24-13(26)23-11-7-5-6-10(8-11)15(17,18)19/h5-9H,4H2,1-3H3,(H2,23,24,26)/t14-/m1/s1. The molecule has 1 rings (SSSR count). The molecule has 0 saturated heterocycles. The van der Waals surface area contributed by atoms with Crippen molar-refractivity contribution in [2.75, 3.05) is 11.9 Å². The predicted octanol–water partition coefficient (Wildman–Crippen LogP) is 4.07. The van der Waals surface area contributed by atoms with Gasteiger partial charge in [-0.3, -0.25) is 5.32 Å². The van der Waals surface area contributed by atoms with Crippen molar-refractivity contribution in [3.63, 3.8) is 0 Å². The molecule has 0 radical (unpaired) electrons. The molecule has 0 unspecified atom stereocenters. The number of hydrogen-bond acceptors (Lipinski definition) is 4. The number of carbonyl (C=O) groups excluding carboxylic acids is 2. The molecule has 0 bridgehead atoms. The van der Waals surface area contributed by atoms with Crippen LogP contribution in [0, 0.1) is 0 Å². The number of nitrogens with one attached hydrogen (secondary N) is 2. The van der Waals surface area contributed by atoms with E-state index < -0.39 is 54.0 Å². The van der Waals surface area contributed by atoms with E-state index in [1.807, 2.05) is 5.32 Å². The van der Waals surface area contributed by atoms with Gasteiger partial charge >= 0.3 is 30.1 Å². The Morgan fingerprint density at radius 2 is 1.71 bits per heavy atom. The third kappa shape index (κ3) is 5.75. The number of amides is 2. The molecular weight excluding hydrogens is 398 g/mol. The number of esters is 1. The molecule has 0 aliphatic heterocycles. The van der Waals surface area contributed by atoms with E-state index in [1.54, 1.807) is 0 Å². The zero-order valence-corrected chi connectivity index (χ0v) is 15.0. The second-order valence-corrected chi connectivity index (χ2v) is 5.72. The minimum atomic E-state index is -5.42. The van der Waals surface area contributed by atoms with Crippen LogP contribution in [0.15, 0.2) is 24.3 Å². The molecule has 2 N–H and O–H groups in total. The molecule has 0 heterocycles. The molecule has 12 heteroatoms. The highest BCUT2D eigenvalue weighted by atomic mass is 19.4. The fraction of sp³-hybridized carbons (Fsp3) is 0.500. The minimum Gasteiger partial charge on any atom is -0.462 e. The molecular formula is C16H18F6N2O4. The lowest BCUT2D eigenvalue weighted by molar-refractivity contribution is -0.292. The number of urea groups is 1. The van der Waals surface area contributed by atoms with Crippen molar-refractivity contribution >= 4 is 17.7 Å². The number of ether oxygens (including phenoxy) is 2. The number of halogens is 6. The average Bonchev–Trinajstić information content (AvgIpc) is 2.52. The summed E-state index contributed by atoms with van der Waals surface area (Å²) in [6, 6.07) is 1.58. The highest BCUT2D eigenvalue weighted by Crippen LogP contribution is 2.34. The molecule has 2 amide bonds. The molecule has 0 aliphatic carbocycles. The third-order valence-corrected chi connectivity index (χ3v) is 3.11. The van der Waals surface area contributed by atoms with E-state index in [1.165, 1.54) is 26.1 Å². The lowest BCUT2D eigenvalue weighted by Gasteiger charge is -2.35. The number of benzene rings is 1. The highest BCUT2D eigenvalue weighted by Gasteiger charge is 2.65. The van der Waals surface area contributed by atoms with Crippen molar-refractivity contribution in [1.82, 2.24) is 5.32 Å². The maximum Gasteiger partial charge on any atom is 0.448 e. The van der Waals surface area contributed by atoms with Crippen LogP contribution in [0.3, 0.4) is 0 Å². The van der Waals surface area contributed by atoms with E-state index >= 15 is 0 Å². The molecule has 0 saturated carbocycles. The van der Waals surface area contributed by atoms with Gasteiger partial charge in [-0.15, -0.1) is 0 Å². The lowest BCUT2D eigenvalue weighted by Crippen LogP contribution is -2.67. The SMILES string of the molecule is CCOC(=O)[C@@](NC(=O)Nc1cccc(C(F)(F)F)c1)(OC(C)C)C(F)(F)F. The predicted molar refractivity (Wildman–Crippen MR) is 85.2 cm³/mol. The van der Waals surface area contributed by atoms with Crippen LogP contribution in [0.4, 0.5) is 36.8 Å². The Balaban J connectivity index is 3.18. The number of anilines is 1. The van der Waals surface area contributed by atoms with E-state index in [-0.39, 0.29) is 0 Å². The van der Waals surface area contributed by atoms with Gasteiger partial charge in [-0.05, 0) is 39.0 Å². The van der Waals surface area contributed by atoms with Gasteiger partial charge in [0.2, 0.25) is 0 Å². The third-order valence-electron chi connectivity index (χ3n) is 3.11. The van der Waals surface area contributed by atoms with Crippen LogP contribution < -0.4 is 10.6 Å². The van der Waals surface area contributed by atoms with E-state index in [0.29, 0.717) is 12.1 Å². The van der Waals surface area contributed by atoms with Crippen molar-refractivity contribution < 1.29 is 45.4 Å². The van der Waals surface area contributed by atoms with E-state index in [2.05, 4.69) is 9.47 Å². The summed E-state index contributed by atoms with van der Waals surface area (Å²) in [5.41, 5.74) is -5.42. The molecule has 158 valence electrons. The highest BCUT2D eigenvalue weighted by molar-refractivity contribution is 5.94. The normalized spacial score (nSPS) is 14.4. The summed E-state index contributed by atoms with van der Waals surface area (Å²) >= 11 is 0. The molecule has 1 aromatic rings. The Labute approximate surface area is 156 Å². The number of hydrogen-bond donors (Lipinski definition) is 2. The van der Waals surface area contributed by atoms with Crippen LogP contribution in [0.2, 0.25) is 0 Å². The van der Waals surface area contributed by atoms with Gasteiger partial charge in [-0.25, -0.2) is 9.59 Å². The van der Waals surface area contributed by atoms with Gasteiger partial charge in [0.1, 0.15) is 0 Å². The van der Waals surface area contributed by atoms with Gasteiger partial charge in [0.25, 0.3) is 0 Å². The fourth-order valence-electron chi connectivity index (χ4n) is 2.06. The summed E-state index contributed by atoms with van der Waals surface area (Å²) in [6.07, 6.45) is -11.3. The van der Waals surface area contributed by atoms with E-state index in [0.717, 1.165) is 12.1 Å². The summed E-state index contributed by atoms with van der Waals surface area (Å²) in [5.74, 6) is -1.92. The Hall–Kier alpha value is -2.50. The summed E-state index contributed by atoms with van der Waals surface area (Å²) in [4.78, 5) is 24.0. The van der Waals surface area contributed by atoms with E-state index in [9.17, 15) is 35.9 Å². The van der Waals surface area contributed by atoms with Crippen molar-refractivity contribution in [1.29, 1.82) is 0 Å². The van der Waals surface area contributed by atoms with Crippen molar-refractivity contribution in [3.05, 3.63) is 29.8 Å². The Morgan fingerprint density at radius 3 is 2.18 bits per heavy atom. The van der Waals surface area contributed by atoms with Crippen LogP contribution in [0.25, 0.3) is 0 Å². The minimum absolute atomic E-state index is 0.435. The second kappa shape index (κ2) is 8.67. The summed E-state index contributed by atoms with van der Waals surface area (Å²) in [5, 5.41) is 3.15. The van der Waals surface area contributed by atoms with Gasteiger partial charge in [0.05, 0.1) is 18.3 Å². The second-order valence-electron chi connectivity index (χ2n) is 5.72. The monoisotopic (exact) mass is 416 g/mol. The summed E-state index contributed by atoms with van der Waals surface area (Å²) in [7, 11) is 0. The van der Waals surface area contributed by atoms with Crippen LogP contribution in [0.1, 0.15) is 26.3 Å². The molecule has 1 atom stereocenters. The first-order valence-electron chi connectivity index (χ1n) is 7.91. The Morgan fingerprint density at radius 1 is 1.11 bits per heavy atom. The zero-order valence-electron chi connectivity index (χ0n) is 15.0. The van der Waals surface area contributed by atoms with Crippen LogP contribution in [0.5, 0.6) is 0 Å². The van der Waals surface area contributed by atoms with Gasteiger partial charge in [0, 0.05) is 5.69 Å². The maximum atomic E-state index is 13.6. The molecule has 1 aromatic carbocycles. The molecule has 0 spiro atoms. The Kier molecular flexibility index (Phi) is 7.29. The quantitative estimate of drug-likeness (QED) is 0.416. The van der Waals surface area contributed by atoms with Gasteiger partial charge < -0.3 is 14.8 Å². The topological polar surface area (TPSA) is 76.7 Å². The first-order chi connectivity index (χ1) is 12.7. The van der Waals surface area contributed by atoms with Gasteiger partial charge in [0.15, 0.2) is 0 Å². The number of alkyl halides is 6. The lowest BCUT2D eigenvalue weighted by atomic mass is 10.2. The number of carbonyl (C=O) groups is 2. The van der Waals surface area contributed by atoms with Gasteiger partial charge in [-0.1, -0.05) is 6.07 Å². The Bertz CT molecular complexity index is 705. The van der Waals surface area contributed by atoms with Crippen molar-refractivity contribution in [2.24, 2.45) is 0 Å². The van der Waals surface area contributed by atoms with Crippen molar-refractivity contribution in [2.45, 2.75) is 45.0 Å². The summed E-state index contributed by atoms with van der Waals surface area (Å²) < 4.78 is 88.0. The van der Waals surface area contributed by atoms with Crippen LogP contribution in [-0.2, 0) is 20.4 Å². The molecule has 28 heavy (non-hydrogen) atoms. The van der Waals surface area contributed by atoms with Crippen molar-refractivity contribution in [3.8, 4) is 0 Å². The maximum absolute atomic E-state index is 13.6. The first-order valence-corrected chi connectivity index (χ1v) is 7.91. The first kappa shape index (κ1) is 23.5. The molecule has 0 fully saturated rings. The molecule has 6 nitrogen and oxygen atoms in total. The van der Waals surface area contributed by atoms with Crippen LogP contribution in [-0.4, -0.2) is 36.6 Å².